The summed E-state index contributed by atoms with van der Waals surface area (Å²) in [4.78, 5) is 32.6. The first-order chi connectivity index (χ1) is 20.6. The fourth-order valence-corrected chi connectivity index (χ4v) is 6.83. The zero-order valence-corrected chi connectivity index (χ0v) is 23.8. The molecule has 2 atom stereocenters. The van der Waals surface area contributed by atoms with E-state index in [2.05, 4.69) is 0 Å². The van der Waals surface area contributed by atoms with Gasteiger partial charge in [-0.2, -0.15) is 13.2 Å². The lowest BCUT2D eigenvalue weighted by Gasteiger charge is -2.54. The Labute approximate surface area is 248 Å². The highest BCUT2D eigenvalue weighted by Crippen LogP contribution is 2.54. The molecule has 0 fully saturated rings. The van der Waals surface area contributed by atoms with Crippen molar-refractivity contribution in [1.29, 1.82) is 0 Å². The van der Waals surface area contributed by atoms with E-state index < -0.39 is 29.1 Å². The van der Waals surface area contributed by atoms with Crippen molar-refractivity contribution in [2.75, 3.05) is 4.90 Å². The molecule has 0 saturated heterocycles. The minimum absolute atomic E-state index is 0.0563. The molecule has 5 nitrogen and oxygen atoms in total. The van der Waals surface area contributed by atoms with Crippen molar-refractivity contribution in [3.8, 4) is 0 Å². The monoisotopic (exact) mass is 584 g/mol. The Kier molecular flexibility index (Phi) is 7.13. The predicted molar refractivity (Wildman–Crippen MR) is 157 cm³/mol. The molecule has 0 aromatic heterocycles. The molecule has 43 heavy (non-hydrogen) atoms. The number of anilines is 1. The van der Waals surface area contributed by atoms with Gasteiger partial charge in [-0.3, -0.25) is 9.59 Å². The number of amides is 2. The van der Waals surface area contributed by atoms with Gasteiger partial charge in [0.25, 0.3) is 5.91 Å². The van der Waals surface area contributed by atoms with Gasteiger partial charge < -0.3 is 14.9 Å². The largest absolute Gasteiger partial charge is 0.416 e. The van der Waals surface area contributed by atoms with Crippen LogP contribution in [0, 0.1) is 0 Å². The molecule has 1 spiro atoms. The summed E-state index contributed by atoms with van der Waals surface area (Å²) >= 11 is 0. The fraction of sp³-hybridized carbons (Fsp3) is 0.257. The van der Waals surface area contributed by atoms with Crippen LogP contribution in [0.4, 0.5) is 18.9 Å². The molecular weight excluding hydrogens is 553 g/mol. The number of aliphatic hydroxyl groups is 1. The van der Waals surface area contributed by atoms with E-state index in [1.807, 2.05) is 38.1 Å². The van der Waals surface area contributed by atoms with Gasteiger partial charge in [0.05, 0.1) is 18.2 Å². The van der Waals surface area contributed by atoms with Gasteiger partial charge in [-0.05, 0) is 66.3 Å². The van der Waals surface area contributed by atoms with E-state index in [1.54, 1.807) is 53.4 Å². The minimum Gasteiger partial charge on any atom is -0.392 e. The molecule has 0 saturated carbocycles. The van der Waals surface area contributed by atoms with Gasteiger partial charge in [-0.1, -0.05) is 78.9 Å². The molecule has 2 heterocycles. The molecule has 4 aromatic carbocycles. The first kappa shape index (κ1) is 28.7. The third-order valence-electron chi connectivity index (χ3n) is 8.66. The van der Waals surface area contributed by atoms with Crippen LogP contribution >= 0.6 is 0 Å². The summed E-state index contributed by atoms with van der Waals surface area (Å²) in [5.74, 6) is -0.663. The summed E-state index contributed by atoms with van der Waals surface area (Å²) in [5.41, 5.74) is 1.57. The van der Waals surface area contributed by atoms with Crippen LogP contribution in [-0.2, 0) is 36.0 Å². The average molecular weight is 585 g/mol. The van der Waals surface area contributed by atoms with Crippen LogP contribution in [0.3, 0.4) is 0 Å². The molecule has 0 radical (unpaired) electrons. The lowest BCUT2D eigenvalue weighted by molar-refractivity contribution is -0.138. The number of para-hydroxylation sites is 1. The van der Waals surface area contributed by atoms with Crippen LogP contribution in [0.25, 0.3) is 0 Å². The molecule has 2 aliphatic heterocycles. The van der Waals surface area contributed by atoms with E-state index in [-0.39, 0.29) is 37.1 Å². The lowest BCUT2D eigenvalue weighted by atomic mass is 9.61. The third-order valence-corrected chi connectivity index (χ3v) is 8.66. The minimum atomic E-state index is -4.63. The fourth-order valence-electron chi connectivity index (χ4n) is 6.83. The Hall–Kier alpha value is -4.43. The summed E-state index contributed by atoms with van der Waals surface area (Å²) in [6, 6.07) is 25.7. The van der Waals surface area contributed by atoms with Gasteiger partial charge in [0.1, 0.15) is 5.41 Å². The summed E-state index contributed by atoms with van der Waals surface area (Å²) in [6.07, 6.45) is -4.38. The zero-order chi connectivity index (χ0) is 30.5. The number of benzene rings is 4. The summed E-state index contributed by atoms with van der Waals surface area (Å²) in [7, 11) is 0. The highest BCUT2D eigenvalue weighted by atomic mass is 19.4. The molecule has 0 unspecified atom stereocenters. The number of aliphatic hydroxyl groups excluding tert-OH is 1. The summed E-state index contributed by atoms with van der Waals surface area (Å²) in [5, 5.41) is 9.72. The molecule has 6 rings (SSSR count). The maximum atomic E-state index is 15.1. The SMILES string of the molecule is CC(C)N1C(=O)[C@@]2(Cc3ccccc31)c1ccccc1C(=O)N(Cc1ccccc1C(F)(F)F)[C@H]2c1ccc(CO)cc1. The van der Waals surface area contributed by atoms with Gasteiger partial charge in [0.2, 0.25) is 5.91 Å². The highest BCUT2D eigenvalue weighted by Gasteiger charge is 2.59. The Balaban J connectivity index is 1.66. The molecule has 1 N–H and O–H groups in total. The number of carbonyl (C=O) groups excluding carboxylic acids is 2. The Bertz CT molecular complexity index is 1700. The molecule has 2 amide bonds. The van der Waals surface area contributed by atoms with Crippen LogP contribution in [0.15, 0.2) is 97.1 Å². The Morgan fingerprint density at radius 2 is 1.53 bits per heavy atom. The van der Waals surface area contributed by atoms with Crippen molar-refractivity contribution >= 4 is 17.5 Å². The number of nitrogens with zero attached hydrogens (tertiary/aromatic N) is 2. The third kappa shape index (κ3) is 4.61. The maximum Gasteiger partial charge on any atom is 0.416 e. The first-order valence-electron chi connectivity index (χ1n) is 14.2. The van der Waals surface area contributed by atoms with Crippen molar-refractivity contribution in [2.24, 2.45) is 0 Å². The van der Waals surface area contributed by atoms with Crippen molar-refractivity contribution in [3.05, 3.63) is 136 Å². The Morgan fingerprint density at radius 1 is 0.884 bits per heavy atom. The van der Waals surface area contributed by atoms with Gasteiger partial charge >= 0.3 is 6.18 Å². The smallest absolute Gasteiger partial charge is 0.392 e. The maximum absolute atomic E-state index is 15.1. The second kappa shape index (κ2) is 10.7. The number of rotatable bonds is 5. The van der Waals surface area contributed by atoms with Gasteiger partial charge in [0, 0.05) is 23.8 Å². The van der Waals surface area contributed by atoms with Crippen molar-refractivity contribution in [3.63, 3.8) is 0 Å². The second-order valence-electron chi connectivity index (χ2n) is 11.5. The van der Waals surface area contributed by atoms with Crippen LogP contribution in [0.2, 0.25) is 0 Å². The molecule has 8 heteroatoms. The van der Waals surface area contributed by atoms with Crippen LogP contribution < -0.4 is 4.90 Å². The van der Waals surface area contributed by atoms with E-state index in [1.165, 1.54) is 23.1 Å². The van der Waals surface area contributed by atoms with Gasteiger partial charge in [0.15, 0.2) is 0 Å². The molecule has 0 bridgehead atoms. The highest BCUT2D eigenvalue weighted by molar-refractivity contribution is 6.10. The Morgan fingerprint density at radius 3 is 2.23 bits per heavy atom. The molecule has 220 valence electrons. The normalized spacial score (nSPS) is 20.0. The number of hydrogen-bond donors (Lipinski definition) is 1. The lowest BCUT2D eigenvalue weighted by Crippen LogP contribution is -2.63. The number of fused-ring (bicyclic) bond motifs is 3. The summed E-state index contributed by atoms with van der Waals surface area (Å²) in [6.45, 7) is 3.30. The van der Waals surface area contributed by atoms with E-state index >= 15 is 4.79 Å². The number of halogens is 3. The quantitative estimate of drug-likeness (QED) is 0.280. The van der Waals surface area contributed by atoms with E-state index in [4.69, 9.17) is 0 Å². The second-order valence-corrected chi connectivity index (χ2v) is 11.5. The first-order valence-corrected chi connectivity index (χ1v) is 14.2. The van der Waals surface area contributed by atoms with E-state index in [9.17, 15) is 23.1 Å². The van der Waals surface area contributed by atoms with Crippen LogP contribution in [0.1, 0.15) is 63.6 Å². The van der Waals surface area contributed by atoms with Crippen molar-refractivity contribution in [1.82, 2.24) is 4.90 Å². The zero-order valence-electron chi connectivity index (χ0n) is 23.8. The van der Waals surface area contributed by atoms with Gasteiger partial charge in [-0.25, -0.2) is 0 Å². The van der Waals surface area contributed by atoms with Crippen molar-refractivity contribution < 1.29 is 27.9 Å². The van der Waals surface area contributed by atoms with Gasteiger partial charge in [-0.15, -0.1) is 0 Å². The molecule has 4 aromatic rings. The molecular formula is C35H31F3N2O3. The average Bonchev–Trinajstić information content (AvgIpc) is 3.00. The topological polar surface area (TPSA) is 60.9 Å². The number of carbonyl (C=O) groups is 2. The van der Waals surface area contributed by atoms with Crippen LogP contribution in [0.5, 0.6) is 0 Å². The van der Waals surface area contributed by atoms with Crippen LogP contribution in [-0.4, -0.2) is 27.9 Å². The van der Waals surface area contributed by atoms with E-state index in [0.29, 0.717) is 22.3 Å². The van der Waals surface area contributed by atoms with E-state index in [0.717, 1.165) is 17.3 Å². The predicted octanol–water partition coefficient (Wildman–Crippen LogP) is 6.83. The van der Waals surface area contributed by atoms with Crippen molar-refractivity contribution in [2.45, 2.75) is 57.1 Å². The standard InChI is InChI=1S/C35H31F3N2O3/c1-22(2)40-30-14-8-4-9-25(30)19-34(33(40)43)29-13-7-5-11-27(29)32(42)39(31(34)24-17-15-23(21-41)16-18-24)20-26-10-3-6-12-28(26)35(36,37)38/h3-18,22,31,41H,19-21H2,1-2H3/t31-,34-/m0/s1. The summed E-state index contributed by atoms with van der Waals surface area (Å²) < 4.78 is 42.5. The number of alkyl halides is 3. The molecule has 2 aliphatic rings. The molecule has 0 aliphatic carbocycles. The number of hydrogen-bond acceptors (Lipinski definition) is 3.